The molecular formula is C19H23NO3. The lowest BCUT2D eigenvalue weighted by Gasteiger charge is -2.17. The number of para-hydroxylation sites is 2. The SMILES string of the molecule is COc1ccccc1OC[C@H](C)NC(=O)c1ccc(C)cc1C. The summed E-state index contributed by atoms with van der Waals surface area (Å²) in [5.74, 6) is 1.27. The van der Waals surface area contributed by atoms with E-state index in [1.165, 1.54) is 0 Å². The first kappa shape index (κ1) is 16.9. The van der Waals surface area contributed by atoms with Gasteiger partial charge in [-0.1, -0.05) is 29.8 Å². The van der Waals surface area contributed by atoms with E-state index in [4.69, 9.17) is 9.47 Å². The monoisotopic (exact) mass is 313 g/mol. The van der Waals surface area contributed by atoms with Gasteiger partial charge in [0, 0.05) is 5.56 Å². The summed E-state index contributed by atoms with van der Waals surface area (Å²) in [5, 5.41) is 2.96. The van der Waals surface area contributed by atoms with Crippen LogP contribution in [0.25, 0.3) is 0 Å². The number of carbonyl (C=O) groups is 1. The lowest BCUT2D eigenvalue weighted by molar-refractivity contribution is 0.0925. The van der Waals surface area contributed by atoms with E-state index in [9.17, 15) is 4.79 Å². The molecule has 0 unspecified atom stereocenters. The van der Waals surface area contributed by atoms with E-state index in [0.29, 0.717) is 23.7 Å². The standard InChI is InChI=1S/C19H23NO3/c1-13-9-10-16(14(2)11-13)19(21)20-15(3)12-23-18-8-6-5-7-17(18)22-4/h5-11,15H,12H2,1-4H3,(H,20,21)/t15-/m0/s1. The van der Waals surface area contributed by atoms with Gasteiger partial charge in [0.05, 0.1) is 13.2 Å². The largest absolute Gasteiger partial charge is 0.493 e. The number of hydrogen-bond acceptors (Lipinski definition) is 3. The second kappa shape index (κ2) is 7.68. The van der Waals surface area contributed by atoms with Crippen molar-refractivity contribution < 1.29 is 14.3 Å². The summed E-state index contributed by atoms with van der Waals surface area (Å²) in [5.41, 5.74) is 2.81. The van der Waals surface area contributed by atoms with Gasteiger partial charge in [0.25, 0.3) is 5.91 Å². The molecule has 0 bridgehead atoms. The predicted molar refractivity (Wildman–Crippen MR) is 91.3 cm³/mol. The number of carbonyl (C=O) groups excluding carboxylic acids is 1. The molecule has 2 aromatic carbocycles. The van der Waals surface area contributed by atoms with Crippen LogP contribution in [0.2, 0.25) is 0 Å². The van der Waals surface area contributed by atoms with Crippen molar-refractivity contribution in [2.45, 2.75) is 26.8 Å². The zero-order chi connectivity index (χ0) is 16.8. The normalized spacial score (nSPS) is 11.7. The highest BCUT2D eigenvalue weighted by atomic mass is 16.5. The van der Waals surface area contributed by atoms with Crippen LogP contribution >= 0.6 is 0 Å². The molecule has 1 amide bonds. The maximum absolute atomic E-state index is 12.3. The molecule has 4 nitrogen and oxygen atoms in total. The van der Waals surface area contributed by atoms with E-state index in [1.54, 1.807) is 7.11 Å². The van der Waals surface area contributed by atoms with Crippen molar-refractivity contribution in [3.05, 3.63) is 59.2 Å². The summed E-state index contributed by atoms with van der Waals surface area (Å²) < 4.78 is 11.0. The molecule has 0 fully saturated rings. The molecule has 2 aromatic rings. The molecule has 0 aliphatic carbocycles. The molecule has 122 valence electrons. The Kier molecular flexibility index (Phi) is 5.63. The fourth-order valence-corrected chi connectivity index (χ4v) is 2.36. The van der Waals surface area contributed by atoms with E-state index in [0.717, 1.165) is 11.1 Å². The third-order valence-electron chi connectivity index (χ3n) is 3.56. The Hall–Kier alpha value is -2.49. The number of benzene rings is 2. The average Bonchev–Trinajstić information content (AvgIpc) is 2.53. The van der Waals surface area contributed by atoms with Crippen LogP contribution in [0.5, 0.6) is 11.5 Å². The van der Waals surface area contributed by atoms with Crippen LogP contribution in [0.15, 0.2) is 42.5 Å². The summed E-state index contributed by atoms with van der Waals surface area (Å²) in [6, 6.07) is 13.1. The van der Waals surface area contributed by atoms with Gasteiger partial charge in [0.2, 0.25) is 0 Å². The van der Waals surface area contributed by atoms with Crippen LogP contribution < -0.4 is 14.8 Å². The van der Waals surface area contributed by atoms with E-state index in [-0.39, 0.29) is 11.9 Å². The van der Waals surface area contributed by atoms with Gasteiger partial charge in [-0.05, 0) is 44.5 Å². The molecule has 4 heteroatoms. The Morgan fingerprint density at radius 3 is 2.48 bits per heavy atom. The highest BCUT2D eigenvalue weighted by Gasteiger charge is 2.13. The number of nitrogens with one attached hydrogen (secondary N) is 1. The van der Waals surface area contributed by atoms with Crippen LogP contribution in [0.3, 0.4) is 0 Å². The Morgan fingerprint density at radius 1 is 1.13 bits per heavy atom. The summed E-state index contributed by atoms with van der Waals surface area (Å²) in [7, 11) is 1.60. The van der Waals surface area contributed by atoms with Crippen LogP contribution in [-0.2, 0) is 0 Å². The van der Waals surface area contributed by atoms with Gasteiger partial charge < -0.3 is 14.8 Å². The Bertz CT molecular complexity index is 682. The molecule has 0 aliphatic rings. The molecule has 1 atom stereocenters. The van der Waals surface area contributed by atoms with Gasteiger partial charge in [0.1, 0.15) is 6.61 Å². The number of methoxy groups -OCH3 is 1. The van der Waals surface area contributed by atoms with E-state index in [1.807, 2.05) is 63.2 Å². The van der Waals surface area contributed by atoms with Crippen molar-refractivity contribution in [1.29, 1.82) is 0 Å². The lowest BCUT2D eigenvalue weighted by atomic mass is 10.1. The first-order valence-electron chi connectivity index (χ1n) is 7.65. The number of ether oxygens (including phenoxy) is 2. The zero-order valence-electron chi connectivity index (χ0n) is 14.1. The maximum Gasteiger partial charge on any atom is 0.251 e. The zero-order valence-corrected chi connectivity index (χ0v) is 14.1. The van der Waals surface area contributed by atoms with Gasteiger partial charge in [-0.2, -0.15) is 0 Å². The van der Waals surface area contributed by atoms with Crippen LogP contribution in [0, 0.1) is 13.8 Å². The fourth-order valence-electron chi connectivity index (χ4n) is 2.36. The van der Waals surface area contributed by atoms with Gasteiger partial charge >= 0.3 is 0 Å². The van der Waals surface area contributed by atoms with Crippen molar-refractivity contribution in [1.82, 2.24) is 5.32 Å². The molecule has 0 aliphatic heterocycles. The van der Waals surface area contributed by atoms with Crippen LogP contribution in [-0.4, -0.2) is 25.7 Å². The van der Waals surface area contributed by atoms with E-state index >= 15 is 0 Å². The minimum Gasteiger partial charge on any atom is -0.493 e. The van der Waals surface area contributed by atoms with Crippen molar-refractivity contribution >= 4 is 5.91 Å². The Morgan fingerprint density at radius 2 is 1.83 bits per heavy atom. The van der Waals surface area contributed by atoms with Gasteiger partial charge in [0.15, 0.2) is 11.5 Å². The first-order valence-corrected chi connectivity index (χ1v) is 7.65. The number of aryl methyl sites for hydroxylation is 2. The molecule has 23 heavy (non-hydrogen) atoms. The second-order valence-electron chi connectivity index (χ2n) is 5.65. The predicted octanol–water partition coefficient (Wildman–Crippen LogP) is 3.51. The molecule has 1 N–H and O–H groups in total. The van der Waals surface area contributed by atoms with Gasteiger partial charge in [-0.3, -0.25) is 4.79 Å². The van der Waals surface area contributed by atoms with E-state index in [2.05, 4.69) is 5.32 Å². The van der Waals surface area contributed by atoms with Crippen LogP contribution in [0.4, 0.5) is 0 Å². The molecule has 0 heterocycles. The maximum atomic E-state index is 12.3. The Balaban J connectivity index is 1.94. The minimum atomic E-state index is -0.117. The summed E-state index contributed by atoms with van der Waals surface area (Å²) in [4.78, 5) is 12.3. The molecule has 0 saturated carbocycles. The van der Waals surface area contributed by atoms with Crippen molar-refractivity contribution in [3.8, 4) is 11.5 Å². The summed E-state index contributed by atoms with van der Waals surface area (Å²) >= 11 is 0. The third kappa shape index (κ3) is 4.49. The van der Waals surface area contributed by atoms with Gasteiger partial charge in [-0.25, -0.2) is 0 Å². The van der Waals surface area contributed by atoms with Crippen molar-refractivity contribution in [2.75, 3.05) is 13.7 Å². The highest BCUT2D eigenvalue weighted by Crippen LogP contribution is 2.25. The molecule has 0 saturated heterocycles. The molecule has 0 spiro atoms. The molecule has 0 aromatic heterocycles. The summed E-state index contributed by atoms with van der Waals surface area (Å²) in [6.45, 7) is 6.24. The Labute approximate surface area is 137 Å². The topological polar surface area (TPSA) is 47.6 Å². The van der Waals surface area contributed by atoms with Gasteiger partial charge in [-0.15, -0.1) is 0 Å². The highest BCUT2D eigenvalue weighted by molar-refractivity contribution is 5.95. The molecule has 0 radical (unpaired) electrons. The quantitative estimate of drug-likeness (QED) is 0.888. The van der Waals surface area contributed by atoms with Crippen molar-refractivity contribution in [3.63, 3.8) is 0 Å². The van der Waals surface area contributed by atoms with Crippen molar-refractivity contribution in [2.24, 2.45) is 0 Å². The number of hydrogen-bond donors (Lipinski definition) is 1. The first-order chi connectivity index (χ1) is 11.0. The lowest BCUT2D eigenvalue weighted by Crippen LogP contribution is -2.37. The van der Waals surface area contributed by atoms with Crippen LogP contribution in [0.1, 0.15) is 28.4 Å². The average molecular weight is 313 g/mol. The third-order valence-corrected chi connectivity index (χ3v) is 3.56. The minimum absolute atomic E-state index is 0.0846. The number of rotatable bonds is 6. The summed E-state index contributed by atoms with van der Waals surface area (Å²) in [6.07, 6.45) is 0. The molecular weight excluding hydrogens is 290 g/mol. The fraction of sp³-hybridized carbons (Fsp3) is 0.316. The number of amides is 1. The second-order valence-corrected chi connectivity index (χ2v) is 5.65. The molecule has 2 rings (SSSR count). The smallest absolute Gasteiger partial charge is 0.251 e. The van der Waals surface area contributed by atoms with E-state index < -0.39 is 0 Å².